The van der Waals surface area contributed by atoms with E-state index < -0.39 is 0 Å². The van der Waals surface area contributed by atoms with Crippen LogP contribution in [0.5, 0.6) is 11.5 Å². The molecule has 0 saturated carbocycles. The van der Waals surface area contributed by atoms with Crippen LogP contribution in [-0.4, -0.2) is 23.0 Å². The molecule has 0 aliphatic heterocycles. The number of phenolic OH excluding ortho intramolecular Hbond substituents is 1. The minimum Gasteiger partial charge on any atom is -0.504 e. The largest absolute Gasteiger partial charge is 0.504 e. The monoisotopic (exact) mass is 206 g/mol. The van der Waals surface area contributed by atoms with Crippen LogP contribution in [0.2, 0.25) is 0 Å². The van der Waals surface area contributed by atoms with Crippen molar-refractivity contribution in [2.45, 2.75) is 13.8 Å². The normalized spacial score (nSPS) is 12.1. The number of ether oxygens (including phenoxy) is 1. The number of benzene rings is 1. The van der Waals surface area contributed by atoms with Crippen molar-refractivity contribution < 1.29 is 14.4 Å². The van der Waals surface area contributed by atoms with Crippen molar-refractivity contribution >= 4 is 11.9 Å². The number of hydrogen-bond acceptors (Lipinski definition) is 2. The summed E-state index contributed by atoms with van der Waals surface area (Å²) in [5, 5.41) is 9.61. The molecule has 0 atom stereocenters. The fraction of sp³-hybridized carbons (Fsp3) is 0.250. The molecule has 3 heteroatoms. The van der Waals surface area contributed by atoms with Crippen molar-refractivity contribution in [2.75, 3.05) is 7.11 Å². The highest BCUT2D eigenvalue weighted by molar-refractivity contribution is 5.54. The number of nitrogens with zero attached hydrogens (tertiary/aromatic N) is 1. The van der Waals surface area contributed by atoms with Crippen molar-refractivity contribution in [2.24, 2.45) is 0 Å². The lowest BCUT2D eigenvalue weighted by atomic mass is 10.2. The number of rotatable bonds is 3. The fourth-order valence-electron chi connectivity index (χ4n) is 1.32. The van der Waals surface area contributed by atoms with Gasteiger partial charge >= 0.3 is 0 Å². The number of hydrogen-bond donors (Lipinski definition) is 1. The first-order valence-corrected chi connectivity index (χ1v) is 4.80. The van der Waals surface area contributed by atoms with Crippen LogP contribution < -0.4 is 4.74 Å². The predicted molar refractivity (Wildman–Crippen MR) is 61.1 cm³/mol. The average Bonchev–Trinajstić information content (AvgIpc) is 2.25. The summed E-state index contributed by atoms with van der Waals surface area (Å²) >= 11 is 0. The molecular weight excluding hydrogens is 190 g/mol. The molecule has 0 heterocycles. The molecule has 15 heavy (non-hydrogen) atoms. The smallest absolute Gasteiger partial charge is 0.214 e. The molecule has 0 aromatic heterocycles. The maximum atomic E-state index is 9.61. The van der Waals surface area contributed by atoms with Gasteiger partial charge in [0.15, 0.2) is 17.7 Å². The lowest BCUT2D eigenvalue weighted by Gasteiger charge is -2.03. The van der Waals surface area contributed by atoms with Gasteiger partial charge in [-0.25, -0.2) is 0 Å². The quantitative estimate of drug-likeness (QED) is 0.609. The van der Waals surface area contributed by atoms with Crippen LogP contribution >= 0.6 is 0 Å². The molecule has 0 spiro atoms. The van der Waals surface area contributed by atoms with E-state index in [-0.39, 0.29) is 5.75 Å². The number of allylic oxidation sites excluding steroid dienone is 1. The molecule has 0 amide bonds. The Labute approximate surface area is 89.9 Å². The van der Waals surface area contributed by atoms with Gasteiger partial charge in [-0.15, -0.1) is 0 Å². The Morgan fingerprint density at radius 2 is 2.07 bits per heavy atom. The van der Waals surface area contributed by atoms with Gasteiger partial charge in [-0.1, -0.05) is 0 Å². The van der Waals surface area contributed by atoms with Crippen LogP contribution in [0.1, 0.15) is 13.8 Å². The van der Waals surface area contributed by atoms with Crippen molar-refractivity contribution in [3.8, 4) is 11.5 Å². The van der Waals surface area contributed by atoms with E-state index in [2.05, 4.69) is 0 Å². The molecule has 0 bridgehead atoms. The highest BCUT2D eigenvalue weighted by Crippen LogP contribution is 2.29. The summed E-state index contributed by atoms with van der Waals surface area (Å²) in [5.41, 5.74) is 0.897. The molecule has 1 N–H and O–H groups in total. The molecule has 1 aromatic rings. The second-order valence-electron chi connectivity index (χ2n) is 3.00. The Hall–Kier alpha value is -1.77. The third-order valence-electron chi connectivity index (χ3n) is 2.05. The third kappa shape index (κ3) is 2.59. The Balaban J connectivity index is 3.11. The van der Waals surface area contributed by atoms with Gasteiger partial charge in [0.05, 0.1) is 13.2 Å². The first-order valence-electron chi connectivity index (χ1n) is 4.80. The maximum Gasteiger partial charge on any atom is 0.214 e. The van der Waals surface area contributed by atoms with Gasteiger partial charge < -0.3 is 9.84 Å². The van der Waals surface area contributed by atoms with Crippen LogP contribution in [0, 0.1) is 0 Å². The van der Waals surface area contributed by atoms with Crippen LogP contribution in [-0.2, 0) is 0 Å². The van der Waals surface area contributed by atoms with Crippen molar-refractivity contribution in [1.82, 2.24) is 0 Å². The highest BCUT2D eigenvalue weighted by atomic mass is 16.5. The van der Waals surface area contributed by atoms with E-state index in [4.69, 9.17) is 4.74 Å². The minimum absolute atomic E-state index is 0.145. The Morgan fingerprint density at radius 3 is 2.53 bits per heavy atom. The van der Waals surface area contributed by atoms with E-state index >= 15 is 0 Å². The molecule has 0 saturated heterocycles. The first-order chi connectivity index (χ1) is 7.22. The molecule has 1 aromatic carbocycles. The van der Waals surface area contributed by atoms with E-state index in [1.807, 2.05) is 43.0 Å². The predicted octanol–water partition coefficient (Wildman–Crippen LogP) is 2.67. The van der Waals surface area contributed by atoms with E-state index in [1.54, 1.807) is 12.1 Å². The van der Waals surface area contributed by atoms with E-state index in [0.29, 0.717) is 5.75 Å². The Morgan fingerprint density at radius 1 is 1.33 bits per heavy atom. The summed E-state index contributed by atoms with van der Waals surface area (Å²) in [5.74, 6) is 0.627. The van der Waals surface area contributed by atoms with Gasteiger partial charge in [-0.3, -0.25) is 0 Å². The second-order valence-corrected chi connectivity index (χ2v) is 3.00. The molecule has 0 unspecified atom stereocenters. The molecule has 0 radical (unpaired) electrons. The van der Waals surface area contributed by atoms with Gasteiger partial charge in [-0.2, -0.15) is 4.58 Å². The standard InChI is InChI=1S/C12H15NO2/c1-4-8-13(5-2)10-6-7-12(15-3)11(14)9-10/h4-9H,1-3H3/p+1/b8-4-,13-5?. The van der Waals surface area contributed by atoms with Gasteiger partial charge in [0.1, 0.15) is 6.21 Å². The van der Waals surface area contributed by atoms with Gasteiger partial charge in [0, 0.05) is 13.0 Å². The maximum absolute atomic E-state index is 9.61. The molecule has 0 aliphatic carbocycles. The zero-order valence-corrected chi connectivity index (χ0v) is 9.27. The summed E-state index contributed by atoms with van der Waals surface area (Å²) < 4.78 is 6.89. The summed E-state index contributed by atoms with van der Waals surface area (Å²) in [6.45, 7) is 3.88. The zero-order valence-electron chi connectivity index (χ0n) is 9.27. The van der Waals surface area contributed by atoms with E-state index in [9.17, 15) is 5.11 Å². The SMILES string of the molecule is CC=[N+](/C=C\C)c1ccc(OC)c(O)c1. The van der Waals surface area contributed by atoms with Crippen molar-refractivity contribution in [3.05, 3.63) is 30.5 Å². The Bertz CT molecular complexity index is 395. The topological polar surface area (TPSA) is 32.5 Å². The van der Waals surface area contributed by atoms with Gasteiger partial charge in [0.25, 0.3) is 0 Å². The van der Waals surface area contributed by atoms with Crippen LogP contribution in [0.25, 0.3) is 0 Å². The summed E-state index contributed by atoms with van der Waals surface area (Å²) in [4.78, 5) is 0. The van der Waals surface area contributed by atoms with Crippen LogP contribution in [0.15, 0.2) is 30.5 Å². The molecule has 3 nitrogen and oxygen atoms in total. The molecule has 0 aliphatic rings. The van der Waals surface area contributed by atoms with E-state index in [1.165, 1.54) is 7.11 Å². The second kappa shape index (κ2) is 5.20. The van der Waals surface area contributed by atoms with Crippen LogP contribution in [0.3, 0.4) is 0 Å². The summed E-state index contributed by atoms with van der Waals surface area (Å²) in [6.07, 6.45) is 5.77. The number of methoxy groups -OCH3 is 1. The highest BCUT2D eigenvalue weighted by Gasteiger charge is 2.09. The van der Waals surface area contributed by atoms with E-state index in [0.717, 1.165) is 5.69 Å². The summed E-state index contributed by atoms with van der Waals surface area (Å²) in [7, 11) is 1.53. The number of aromatic hydroxyl groups is 1. The van der Waals surface area contributed by atoms with Crippen molar-refractivity contribution in [3.63, 3.8) is 0 Å². The summed E-state index contributed by atoms with van der Waals surface area (Å²) in [6, 6.07) is 5.29. The minimum atomic E-state index is 0.145. The van der Waals surface area contributed by atoms with Crippen LogP contribution in [0.4, 0.5) is 5.69 Å². The number of phenols is 1. The fourth-order valence-corrected chi connectivity index (χ4v) is 1.32. The Kier molecular flexibility index (Phi) is 3.92. The first kappa shape index (κ1) is 11.3. The third-order valence-corrected chi connectivity index (χ3v) is 2.05. The average molecular weight is 206 g/mol. The lowest BCUT2D eigenvalue weighted by Crippen LogP contribution is -1.96. The lowest BCUT2D eigenvalue weighted by molar-refractivity contribution is -0.355. The zero-order chi connectivity index (χ0) is 11.3. The molecule has 80 valence electrons. The van der Waals surface area contributed by atoms with Crippen molar-refractivity contribution in [1.29, 1.82) is 0 Å². The van der Waals surface area contributed by atoms with Gasteiger partial charge in [-0.05, 0) is 19.1 Å². The molecule has 1 rings (SSSR count). The molecule has 0 fully saturated rings. The van der Waals surface area contributed by atoms with Gasteiger partial charge in [0.2, 0.25) is 5.69 Å². The molecular formula is C12H16NO2+.